The number of hydrogen-bond acceptors (Lipinski definition) is 5. The van der Waals surface area contributed by atoms with Gasteiger partial charge in [0.25, 0.3) is 0 Å². The van der Waals surface area contributed by atoms with Gasteiger partial charge in [0.2, 0.25) is 5.91 Å². The van der Waals surface area contributed by atoms with Gasteiger partial charge in [-0.1, -0.05) is 12.8 Å². The van der Waals surface area contributed by atoms with Gasteiger partial charge >= 0.3 is 0 Å². The zero-order chi connectivity index (χ0) is 14.9. The van der Waals surface area contributed by atoms with Gasteiger partial charge in [-0.3, -0.25) is 9.79 Å². The molecule has 0 radical (unpaired) electrons. The largest absolute Gasteiger partial charge is 0.353 e. The number of aliphatic imine (C=N–C) groups is 1. The van der Waals surface area contributed by atoms with Gasteiger partial charge < -0.3 is 20.4 Å². The smallest absolute Gasteiger partial charge is 0.239 e. The van der Waals surface area contributed by atoms with Gasteiger partial charge in [0.05, 0.1) is 6.54 Å². The van der Waals surface area contributed by atoms with E-state index in [1.54, 1.807) is 0 Å². The molecule has 0 atom stereocenters. The topological polar surface area (TPSA) is 60.0 Å². The van der Waals surface area contributed by atoms with Gasteiger partial charge in [0.1, 0.15) is 0 Å². The third-order valence-corrected chi connectivity index (χ3v) is 4.13. The molecule has 0 aromatic heterocycles. The van der Waals surface area contributed by atoms with E-state index in [2.05, 4.69) is 25.4 Å². The van der Waals surface area contributed by atoms with E-state index in [1.807, 2.05) is 7.05 Å². The first-order chi connectivity index (χ1) is 10.3. The number of nitrogens with zero attached hydrogens (tertiary/aromatic N) is 3. The highest BCUT2D eigenvalue weighted by molar-refractivity contribution is 5.86. The second kappa shape index (κ2) is 8.87. The Hall–Kier alpha value is -1.30. The molecule has 0 spiro atoms. The molecule has 0 aliphatic carbocycles. The fourth-order valence-electron chi connectivity index (χ4n) is 2.85. The highest BCUT2D eigenvalue weighted by Gasteiger charge is 2.12. The Bertz CT molecular complexity index is 350. The van der Waals surface area contributed by atoms with Crippen LogP contribution in [0, 0.1) is 0 Å². The van der Waals surface area contributed by atoms with Gasteiger partial charge in [-0.15, -0.1) is 0 Å². The van der Waals surface area contributed by atoms with E-state index < -0.39 is 0 Å². The molecule has 2 rings (SSSR count). The summed E-state index contributed by atoms with van der Waals surface area (Å²) >= 11 is 0. The highest BCUT2D eigenvalue weighted by Crippen LogP contribution is 2.08. The molecule has 0 aromatic carbocycles. The van der Waals surface area contributed by atoms with E-state index in [0.717, 1.165) is 38.6 Å². The summed E-state index contributed by atoms with van der Waals surface area (Å²) in [4.78, 5) is 20.7. The zero-order valence-electron chi connectivity index (χ0n) is 13.2. The van der Waals surface area contributed by atoms with Gasteiger partial charge in [0, 0.05) is 33.2 Å². The average Bonchev–Trinajstić information content (AvgIpc) is 2.75. The minimum absolute atomic E-state index is 0.0477. The Balaban J connectivity index is 1.58. The molecule has 6 nitrogen and oxygen atoms in total. The number of carbonyl (C=O) groups is 1. The van der Waals surface area contributed by atoms with Gasteiger partial charge in [-0.25, -0.2) is 0 Å². The van der Waals surface area contributed by atoms with E-state index >= 15 is 0 Å². The lowest BCUT2D eigenvalue weighted by Crippen LogP contribution is -2.46. The molecular formula is C15H29N5O. The second-order valence-corrected chi connectivity index (χ2v) is 5.94. The summed E-state index contributed by atoms with van der Waals surface area (Å²) in [5, 5.41) is 6.11. The van der Waals surface area contributed by atoms with Crippen molar-refractivity contribution in [2.24, 2.45) is 4.99 Å². The van der Waals surface area contributed by atoms with E-state index in [0.29, 0.717) is 6.54 Å². The van der Waals surface area contributed by atoms with Crippen molar-refractivity contribution in [2.45, 2.75) is 32.1 Å². The van der Waals surface area contributed by atoms with Crippen molar-refractivity contribution >= 4 is 11.9 Å². The lowest BCUT2D eigenvalue weighted by Gasteiger charge is -2.25. The fraction of sp³-hybridized carbons (Fsp3) is 0.867. The van der Waals surface area contributed by atoms with Crippen LogP contribution in [0.1, 0.15) is 32.1 Å². The lowest BCUT2D eigenvalue weighted by molar-refractivity contribution is -0.120. The van der Waals surface area contributed by atoms with Crippen LogP contribution in [0.5, 0.6) is 0 Å². The molecule has 2 N–H and O–H groups in total. The van der Waals surface area contributed by atoms with Gasteiger partial charge in [-0.05, 0) is 32.4 Å². The highest BCUT2D eigenvalue weighted by atomic mass is 16.1. The third-order valence-electron chi connectivity index (χ3n) is 4.13. The number of rotatable bonds is 5. The Morgan fingerprint density at radius 3 is 2.62 bits per heavy atom. The molecule has 2 aliphatic rings. The SMILES string of the molecule is CN1CCCN=C1NCC(=O)NCCN1CCCCCC1. The molecule has 21 heavy (non-hydrogen) atoms. The second-order valence-electron chi connectivity index (χ2n) is 5.94. The number of hydrogen-bond donors (Lipinski definition) is 2. The monoisotopic (exact) mass is 295 g/mol. The number of amides is 1. The van der Waals surface area contributed by atoms with E-state index in [9.17, 15) is 4.79 Å². The maximum absolute atomic E-state index is 11.8. The van der Waals surface area contributed by atoms with Crippen molar-refractivity contribution in [3.63, 3.8) is 0 Å². The molecular weight excluding hydrogens is 266 g/mol. The minimum Gasteiger partial charge on any atom is -0.353 e. The van der Waals surface area contributed by atoms with Crippen molar-refractivity contribution in [1.82, 2.24) is 20.4 Å². The van der Waals surface area contributed by atoms with E-state index in [-0.39, 0.29) is 5.91 Å². The Kier molecular flexibility index (Phi) is 6.79. The predicted molar refractivity (Wildman–Crippen MR) is 85.5 cm³/mol. The van der Waals surface area contributed by atoms with Gasteiger partial charge in [0.15, 0.2) is 5.96 Å². The van der Waals surface area contributed by atoms with Crippen molar-refractivity contribution in [1.29, 1.82) is 0 Å². The van der Waals surface area contributed by atoms with Crippen LogP contribution in [0.2, 0.25) is 0 Å². The summed E-state index contributed by atoms with van der Waals surface area (Å²) in [6.45, 7) is 6.22. The van der Waals surface area contributed by atoms with Crippen LogP contribution in [-0.2, 0) is 4.79 Å². The summed E-state index contributed by atoms with van der Waals surface area (Å²) in [6, 6.07) is 0. The standard InChI is InChI=1S/C15H29N5O/c1-19-9-6-7-17-15(19)18-13-14(21)16-8-12-20-10-4-2-3-5-11-20/h2-13H2,1H3,(H,16,21)(H,17,18). The Labute approximate surface area is 128 Å². The first kappa shape index (κ1) is 16.1. The third kappa shape index (κ3) is 5.91. The molecule has 1 fully saturated rings. The molecule has 1 saturated heterocycles. The zero-order valence-corrected chi connectivity index (χ0v) is 13.2. The van der Waals surface area contributed by atoms with Gasteiger partial charge in [-0.2, -0.15) is 0 Å². The first-order valence-corrected chi connectivity index (χ1v) is 8.24. The van der Waals surface area contributed by atoms with Crippen molar-refractivity contribution < 1.29 is 4.79 Å². The van der Waals surface area contributed by atoms with Crippen molar-refractivity contribution in [3.8, 4) is 0 Å². The van der Waals surface area contributed by atoms with E-state index in [1.165, 1.54) is 38.8 Å². The summed E-state index contributed by atoms with van der Waals surface area (Å²) in [5.41, 5.74) is 0. The summed E-state index contributed by atoms with van der Waals surface area (Å²) in [6.07, 6.45) is 6.37. The Morgan fingerprint density at radius 1 is 1.14 bits per heavy atom. The predicted octanol–water partition coefficient (Wildman–Crippen LogP) is 0.260. The molecule has 2 aliphatic heterocycles. The number of carbonyl (C=O) groups excluding carboxylic acids is 1. The average molecular weight is 295 g/mol. The van der Waals surface area contributed by atoms with Crippen LogP contribution in [-0.4, -0.2) is 74.5 Å². The lowest BCUT2D eigenvalue weighted by atomic mass is 10.2. The normalized spacial score (nSPS) is 20.6. The van der Waals surface area contributed by atoms with Crippen molar-refractivity contribution in [3.05, 3.63) is 0 Å². The summed E-state index contributed by atoms with van der Waals surface area (Å²) in [5.74, 6) is 0.885. The van der Waals surface area contributed by atoms with Crippen LogP contribution in [0.25, 0.3) is 0 Å². The molecule has 0 unspecified atom stereocenters. The first-order valence-electron chi connectivity index (χ1n) is 8.24. The van der Waals surface area contributed by atoms with Crippen LogP contribution in [0.4, 0.5) is 0 Å². The maximum Gasteiger partial charge on any atom is 0.239 e. The molecule has 0 saturated carbocycles. The van der Waals surface area contributed by atoms with Crippen molar-refractivity contribution in [2.75, 3.05) is 52.9 Å². The number of nitrogens with one attached hydrogen (secondary N) is 2. The van der Waals surface area contributed by atoms with Crippen LogP contribution in [0.3, 0.4) is 0 Å². The number of guanidine groups is 1. The quantitative estimate of drug-likeness (QED) is 0.764. The van der Waals surface area contributed by atoms with Crippen LogP contribution < -0.4 is 10.6 Å². The maximum atomic E-state index is 11.8. The summed E-state index contributed by atoms with van der Waals surface area (Å²) < 4.78 is 0. The number of likely N-dealkylation sites (tertiary alicyclic amines) is 1. The molecule has 1 amide bonds. The van der Waals surface area contributed by atoms with Crippen LogP contribution >= 0.6 is 0 Å². The Morgan fingerprint density at radius 2 is 1.90 bits per heavy atom. The molecule has 6 heteroatoms. The fourth-order valence-corrected chi connectivity index (χ4v) is 2.85. The molecule has 0 aromatic rings. The molecule has 0 bridgehead atoms. The van der Waals surface area contributed by atoms with Crippen LogP contribution in [0.15, 0.2) is 4.99 Å². The summed E-state index contributed by atoms with van der Waals surface area (Å²) in [7, 11) is 2.00. The minimum atomic E-state index is 0.0477. The molecule has 2 heterocycles. The molecule has 120 valence electrons. The van der Waals surface area contributed by atoms with E-state index in [4.69, 9.17) is 0 Å².